The Morgan fingerprint density at radius 3 is 2.08 bits per heavy atom. The van der Waals surface area contributed by atoms with E-state index in [-0.39, 0.29) is 18.2 Å². The van der Waals surface area contributed by atoms with E-state index in [0.717, 1.165) is 0 Å². The molecule has 4 nitrogen and oxygen atoms in total. The Bertz CT molecular complexity index is 237. The second-order valence-corrected chi connectivity index (χ2v) is 3.60. The van der Waals surface area contributed by atoms with Gasteiger partial charge >= 0.3 is 0 Å². The molecule has 1 atom stereocenters. The summed E-state index contributed by atoms with van der Waals surface area (Å²) in [6, 6.07) is 0. The zero-order valence-corrected chi connectivity index (χ0v) is 7.92. The molecule has 0 aliphatic carbocycles. The van der Waals surface area contributed by atoms with Gasteiger partial charge in [0.2, 0.25) is 11.8 Å². The van der Waals surface area contributed by atoms with Gasteiger partial charge in [0.25, 0.3) is 0 Å². The van der Waals surface area contributed by atoms with Crippen LogP contribution in [0.25, 0.3) is 0 Å². The van der Waals surface area contributed by atoms with Crippen molar-refractivity contribution < 1.29 is 9.59 Å². The van der Waals surface area contributed by atoms with Crippen LogP contribution in [0.3, 0.4) is 0 Å². The Kier molecular flexibility index (Phi) is 1.96. The first-order valence-corrected chi connectivity index (χ1v) is 3.88. The highest BCUT2D eigenvalue weighted by atomic mass is 16.2. The van der Waals surface area contributed by atoms with E-state index in [1.54, 1.807) is 11.8 Å². The van der Waals surface area contributed by atoms with Crippen molar-refractivity contribution in [1.29, 1.82) is 0 Å². The van der Waals surface area contributed by atoms with Gasteiger partial charge in [-0.25, -0.2) is 0 Å². The predicted octanol–water partition coefficient (Wildman–Crippen LogP) is -0.305. The number of carbonyl (C=O) groups is 2. The minimum Gasteiger partial charge on any atom is -0.295 e. The van der Waals surface area contributed by atoms with Crippen molar-refractivity contribution >= 4 is 11.8 Å². The van der Waals surface area contributed by atoms with Crippen molar-refractivity contribution in [2.24, 2.45) is 0 Å². The molecule has 1 fully saturated rings. The van der Waals surface area contributed by atoms with Gasteiger partial charge in [0.05, 0.1) is 6.42 Å². The van der Waals surface area contributed by atoms with E-state index in [4.69, 9.17) is 0 Å². The number of carbonyl (C=O) groups excluding carboxylic acids is 2. The van der Waals surface area contributed by atoms with Crippen LogP contribution in [0.4, 0.5) is 0 Å². The molecule has 0 N–H and O–H groups in total. The number of likely N-dealkylation sites (tertiary alicyclic amines) is 1. The van der Waals surface area contributed by atoms with E-state index >= 15 is 0 Å². The van der Waals surface area contributed by atoms with Crippen LogP contribution in [-0.4, -0.2) is 48.3 Å². The molecule has 1 aliphatic rings. The summed E-state index contributed by atoms with van der Waals surface area (Å²) in [6.07, 6.45) is 0.287. The van der Waals surface area contributed by atoms with Gasteiger partial charge in [-0.05, 0) is 21.0 Å². The van der Waals surface area contributed by atoms with E-state index < -0.39 is 5.54 Å². The molecular formula is C8H14N2O2. The van der Waals surface area contributed by atoms with Crippen molar-refractivity contribution in [3.63, 3.8) is 0 Å². The van der Waals surface area contributed by atoms with Crippen LogP contribution in [0.15, 0.2) is 0 Å². The number of hydrogen-bond donors (Lipinski definition) is 0. The maximum Gasteiger partial charge on any atom is 0.249 e. The number of hydrogen-bond acceptors (Lipinski definition) is 3. The topological polar surface area (TPSA) is 40.6 Å². The van der Waals surface area contributed by atoms with Gasteiger partial charge in [-0.2, -0.15) is 0 Å². The second kappa shape index (κ2) is 2.55. The van der Waals surface area contributed by atoms with E-state index in [1.165, 1.54) is 11.9 Å². The molecule has 1 saturated heterocycles. The molecule has 2 amide bonds. The Morgan fingerprint density at radius 2 is 1.92 bits per heavy atom. The predicted molar refractivity (Wildman–Crippen MR) is 44.5 cm³/mol. The standard InChI is InChI=1S/C8H14N2O2/c1-8(9(2)3)5-6(11)10(4)7(8)12/h5H2,1-4H3. The molecule has 0 aromatic rings. The number of likely N-dealkylation sites (N-methyl/N-ethyl adjacent to an activating group) is 2. The van der Waals surface area contributed by atoms with Gasteiger partial charge in [-0.3, -0.25) is 19.4 Å². The highest BCUT2D eigenvalue weighted by molar-refractivity contribution is 6.07. The Balaban J connectivity index is 2.97. The van der Waals surface area contributed by atoms with E-state index in [2.05, 4.69) is 0 Å². The van der Waals surface area contributed by atoms with Crippen LogP contribution in [-0.2, 0) is 9.59 Å². The zero-order chi connectivity index (χ0) is 9.52. The highest BCUT2D eigenvalue weighted by Crippen LogP contribution is 2.26. The van der Waals surface area contributed by atoms with E-state index in [1.807, 2.05) is 14.1 Å². The third kappa shape index (κ3) is 1.03. The molecule has 4 heteroatoms. The van der Waals surface area contributed by atoms with Crippen molar-refractivity contribution in [1.82, 2.24) is 9.80 Å². The smallest absolute Gasteiger partial charge is 0.249 e. The maximum atomic E-state index is 11.5. The van der Waals surface area contributed by atoms with E-state index in [0.29, 0.717) is 0 Å². The summed E-state index contributed by atoms with van der Waals surface area (Å²) < 4.78 is 0. The van der Waals surface area contributed by atoms with Crippen molar-refractivity contribution in [2.45, 2.75) is 18.9 Å². The fourth-order valence-corrected chi connectivity index (χ4v) is 1.31. The molecule has 1 unspecified atom stereocenters. The summed E-state index contributed by atoms with van der Waals surface area (Å²) in [7, 11) is 5.15. The van der Waals surface area contributed by atoms with Crippen LogP contribution in [0.5, 0.6) is 0 Å². The summed E-state index contributed by atoms with van der Waals surface area (Å²) in [4.78, 5) is 25.7. The monoisotopic (exact) mass is 170 g/mol. The largest absolute Gasteiger partial charge is 0.295 e. The van der Waals surface area contributed by atoms with Crippen LogP contribution in [0.2, 0.25) is 0 Å². The van der Waals surface area contributed by atoms with Crippen LogP contribution >= 0.6 is 0 Å². The summed E-state index contributed by atoms with van der Waals surface area (Å²) in [5, 5.41) is 0. The third-order valence-electron chi connectivity index (χ3n) is 2.62. The normalized spacial score (nSPS) is 30.6. The summed E-state index contributed by atoms with van der Waals surface area (Å²) >= 11 is 0. The molecule has 68 valence electrons. The molecule has 1 heterocycles. The molecule has 1 aliphatic heterocycles. The lowest BCUT2D eigenvalue weighted by molar-refractivity contribution is -0.139. The van der Waals surface area contributed by atoms with E-state index in [9.17, 15) is 9.59 Å². The highest BCUT2D eigenvalue weighted by Gasteiger charge is 2.47. The quantitative estimate of drug-likeness (QED) is 0.507. The van der Waals surface area contributed by atoms with Crippen LogP contribution in [0.1, 0.15) is 13.3 Å². The Labute approximate surface area is 72.1 Å². The molecule has 0 aromatic carbocycles. The van der Waals surface area contributed by atoms with Gasteiger partial charge in [0, 0.05) is 7.05 Å². The molecule has 0 radical (unpaired) electrons. The SMILES string of the molecule is CN1C(=O)CC(C)(N(C)C)C1=O. The zero-order valence-electron chi connectivity index (χ0n) is 7.92. The molecular weight excluding hydrogens is 156 g/mol. The summed E-state index contributed by atoms with van der Waals surface area (Å²) in [5.41, 5.74) is -0.633. The fraction of sp³-hybridized carbons (Fsp3) is 0.750. The minimum absolute atomic E-state index is 0.101. The van der Waals surface area contributed by atoms with Crippen molar-refractivity contribution in [3.8, 4) is 0 Å². The lowest BCUT2D eigenvalue weighted by Gasteiger charge is -2.28. The van der Waals surface area contributed by atoms with Crippen molar-refractivity contribution in [2.75, 3.05) is 21.1 Å². The maximum absolute atomic E-state index is 11.5. The van der Waals surface area contributed by atoms with Crippen molar-refractivity contribution in [3.05, 3.63) is 0 Å². The third-order valence-corrected chi connectivity index (χ3v) is 2.62. The van der Waals surface area contributed by atoms with Crippen LogP contribution in [0, 0.1) is 0 Å². The van der Waals surface area contributed by atoms with Gasteiger partial charge in [0.1, 0.15) is 5.54 Å². The number of amides is 2. The van der Waals surface area contributed by atoms with Crippen LogP contribution < -0.4 is 0 Å². The van der Waals surface area contributed by atoms with Gasteiger partial charge < -0.3 is 0 Å². The molecule has 1 rings (SSSR count). The number of rotatable bonds is 1. The lowest BCUT2D eigenvalue weighted by Crippen LogP contribution is -2.47. The Hall–Kier alpha value is -0.900. The average molecular weight is 170 g/mol. The first-order chi connectivity index (χ1) is 5.39. The second-order valence-electron chi connectivity index (χ2n) is 3.60. The first-order valence-electron chi connectivity index (χ1n) is 3.88. The van der Waals surface area contributed by atoms with Gasteiger partial charge in [0.15, 0.2) is 0 Å². The Morgan fingerprint density at radius 1 is 1.42 bits per heavy atom. The number of imide groups is 1. The van der Waals surface area contributed by atoms with Gasteiger partial charge in [-0.15, -0.1) is 0 Å². The molecule has 0 aromatic heterocycles. The lowest BCUT2D eigenvalue weighted by atomic mass is 9.99. The average Bonchev–Trinajstić information content (AvgIpc) is 2.17. The summed E-state index contributed by atoms with van der Waals surface area (Å²) in [5.74, 6) is -0.214. The molecule has 12 heavy (non-hydrogen) atoms. The number of nitrogens with zero attached hydrogens (tertiary/aromatic N) is 2. The molecule has 0 saturated carbocycles. The summed E-state index contributed by atoms with van der Waals surface area (Å²) in [6.45, 7) is 1.79. The molecule has 0 spiro atoms. The fourth-order valence-electron chi connectivity index (χ4n) is 1.31. The minimum atomic E-state index is -0.633. The molecule has 0 bridgehead atoms. The first kappa shape index (κ1) is 9.19. The van der Waals surface area contributed by atoms with Gasteiger partial charge in [-0.1, -0.05) is 0 Å².